The van der Waals surface area contributed by atoms with Crippen molar-refractivity contribution in [3.05, 3.63) is 47.0 Å². The van der Waals surface area contributed by atoms with Crippen molar-refractivity contribution in [2.75, 3.05) is 33.9 Å². The van der Waals surface area contributed by atoms with Crippen molar-refractivity contribution in [1.82, 2.24) is 20.2 Å². The van der Waals surface area contributed by atoms with Crippen LogP contribution in [0.5, 0.6) is 11.5 Å². The van der Waals surface area contributed by atoms with Gasteiger partial charge in [0.1, 0.15) is 5.82 Å². The smallest absolute Gasteiger partial charge is 0.258 e. The quantitative estimate of drug-likeness (QED) is 0.886. The minimum absolute atomic E-state index is 0.0690. The zero-order valence-electron chi connectivity index (χ0n) is 15.7. The van der Waals surface area contributed by atoms with Gasteiger partial charge in [0.15, 0.2) is 11.5 Å². The van der Waals surface area contributed by atoms with E-state index >= 15 is 0 Å². The van der Waals surface area contributed by atoms with Gasteiger partial charge in [0, 0.05) is 43.7 Å². The molecular weight excluding hydrogens is 344 g/mol. The van der Waals surface area contributed by atoms with Crippen molar-refractivity contribution in [3.8, 4) is 11.5 Å². The Morgan fingerprint density at radius 1 is 1.30 bits per heavy atom. The number of carbonyl (C=O) groups is 1. The summed E-state index contributed by atoms with van der Waals surface area (Å²) in [4.78, 5) is 24.3. The van der Waals surface area contributed by atoms with E-state index in [-0.39, 0.29) is 5.91 Å². The monoisotopic (exact) mass is 368 g/mol. The molecule has 1 aromatic heterocycles. The molecular formula is C20H24N4O3. The van der Waals surface area contributed by atoms with Crippen LogP contribution in [-0.4, -0.2) is 54.6 Å². The minimum Gasteiger partial charge on any atom is -0.493 e. The number of aromatic nitrogens is 2. The molecule has 2 aliphatic rings. The Morgan fingerprint density at radius 2 is 2.19 bits per heavy atom. The van der Waals surface area contributed by atoms with Gasteiger partial charge in [-0.25, -0.2) is 9.97 Å². The van der Waals surface area contributed by atoms with E-state index in [0.29, 0.717) is 36.1 Å². The van der Waals surface area contributed by atoms with E-state index in [4.69, 9.17) is 14.5 Å². The topological polar surface area (TPSA) is 76.6 Å². The lowest BCUT2D eigenvalue weighted by molar-refractivity contribution is 0.0729. The molecule has 2 aromatic rings. The van der Waals surface area contributed by atoms with Crippen LogP contribution < -0.4 is 14.8 Å². The third-order valence-electron chi connectivity index (χ3n) is 5.30. The SMILES string of the molecule is COc1cccc(C(=O)N2CCc3nc([C@H]4CCNC4)ncc3C2)c1OC. The maximum Gasteiger partial charge on any atom is 0.258 e. The van der Waals surface area contributed by atoms with Crippen molar-refractivity contribution < 1.29 is 14.3 Å². The van der Waals surface area contributed by atoms with Crippen LogP contribution in [-0.2, 0) is 13.0 Å². The largest absolute Gasteiger partial charge is 0.493 e. The fourth-order valence-electron chi connectivity index (χ4n) is 3.80. The summed E-state index contributed by atoms with van der Waals surface area (Å²) in [7, 11) is 3.12. The van der Waals surface area contributed by atoms with E-state index in [0.717, 1.165) is 43.0 Å². The molecule has 4 rings (SSSR count). The number of fused-ring (bicyclic) bond motifs is 1. The number of methoxy groups -OCH3 is 2. The molecule has 1 aromatic carbocycles. The number of nitrogens with zero attached hydrogens (tertiary/aromatic N) is 3. The molecule has 7 heteroatoms. The van der Waals surface area contributed by atoms with Gasteiger partial charge >= 0.3 is 0 Å². The highest BCUT2D eigenvalue weighted by Crippen LogP contribution is 2.32. The molecule has 1 atom stereocenters. The third-order valence-corrected chi connectivity index (χ3v) is 5.30. The summed E-state index contributed by atoms with van der Waals surface area (Å²) in [5.41, 5.74) is 2.59. The first kappa shape index (κ1) is 17.7. The van der Waals surface area contributed by atoms with Crippen LogP contribution in [0.1, 0.15) is 39.8 Å². The van der Waals surface area contributed by atoms with E-state index in [2.05, 4.69) is 10.3 Å². The number of para-hydroxylation sites is 1. The average Bonchev–Trinajstić information content (AvgIpc) is 3.26. The summed E-state index contributed by atoms with van der Waals surface area (Å²) in [5, 5.41) is 3.36. The maximum absolute atomic E-state index is 13.1. The zero-order chi connectivity index (χ0) is 18.8. The molecule has 0 spiro atoms. The zero-order valence-corrected chi connectivity index (χ0v) is 15.7. The Labute approximate surface area is 158 Å². The summed E-state index contributed by atoms with van der Waals surface area (Å²) in [5.74, 6) is 2.28. The van der Waals surface area contributed by atoms with Gasteiger partial charge in [-0.2, -0.15) is 0 Å². The number of ether oxygens (including phenoxy) is 2. The molecule has 0 unspecified atom stereocenters. The van der Waals surface area contributed by atoms with Crippen LogP contribution in [0.15, 0.2) is 24.4 Å². The highest BCUT2D eigenvalue weighted by Gasteiger charge is 2.27. The van der Waals surface area contributed by atoms with Crippen LogP contribution in [0.2, 0.25) is 0 Å². The average molecular weight is 368 g/mol. The first-order chi connectivity index (χ1) is 13.2. The van der Waals surface area contributed by atoms with Gasteiger partial charge in [0.2, 0.25) is 0 Å². The Balaban J connectivity index is 1.55. The normalized spacial score (nSPS) is 18.9. The highest BCUT2D eigenvalue weighted by molar-refractivity contribution is 5.98. The molecule has 27 heavy (non-hydrogen) atoms. The first-order valence-corrected chi connectivity index (χ1v) is 9.27. The molecule has 0 saturated carbocycles. The van der Waals surface area contributed by atoms with Gasteiger partial charge in [-0.1, -0.05) is 6.07 Å². The van der Waals surface area contributed by atoms with Crippen molar-refractivity contribution in [2.24, 2.45) is 0 Å². The summed E-state index contributed by atoms with van der Waals surface area (Å²) in [6, 6.07) is 5.36. The molecule has 142 valence electrons. The number of hydrogen-bond acceptors (Lipinski definition) is 6. The molecule has 1 saturated heterocycles. The van der Waals surface area contributed by atoms with E-state index in [1.54, 1.807) is 32.4 Å². The van der Waals surface area contributed by atoms with Crippen LogP contribution in [0, 0.1) is 0 Å². The minimum atomic E-state index is -0.0690. The molecule has 7 nitrogen and oxygen atoms in total. The molecule has 1 fully saturated rings. The van der Waals surface area contributed by atoms with Gasteiger partial charge in [0.25, 0.3) is 5.91 Å². The van der Waals surface area contributed by atoms with Gasteiger partial charge < -0.3 is 19.7 Å². The lowest BCUT2D eigenvalue weighted by Gasteiger charge is -2.29. The third kappa shape index (κ3) is 3.35. The molecule has 0 bridgehead atoms. The van der Waals surface area contributed by atoms with Crippen LogP contribution in [0.25, 0.3) is 0 Å². The fourth-order valence-corrected chi connectivity index (χ4v) is 3.80. The predicted molar refractivity (Wildman–Crippen MR) is 100 cm³/mol. The molecule has 0 radical (unpaired) electrons. The number of rotatable bonds is 4. The fraction of sp³-hybridized carbons (Fsp3) is 0.450. The summed E-state index contributed by atoms with van der Waals surface area (Å²) < 4.78 is 10.7. The number of amides is 1. The maximum atomic E-state index is 13.1. The Hall–Kier alpha value is -2.67. The van der Waals surface area contributed by atoms with Crippen molar-refractivity contribution in [1.29, 1.82) is 0 Å². The Morgan fingerprint density at radius 3 is 2.93 bits per heavy atom. The second kappa shape index (κ2) is 7.52. The molecule has 0 aliphatic carbocycles. The number of hydrogen-bond donors (Lipinski definition) is 1. The summed E-state index contributed by atoms with van der Waals surface area (Å²) >= 11 is 0. The van der Waals surface area contributed by atoms with Crippen molar-refractivity contribution in [2.45, 2.75) is 25.3 Å². The van der Waals surface area contributed by atoms with E-state index in [1.807, 2.05) is 11.1 Å². The number of benzene rings is 1. The van der Waals surface area contributed by atoms with Gasteiger partial charge in [0.05, 0.1) is 25.5 Å². The van der Waals surface area contributed by atoms with Gasteiger partial charge in [-0.05, 0) is 25.1 Å². The lowest BCUT2D eigenvalue weighted by atomic mass is 10.0. The van der Waals surface area contributed by atoms with Gasteiger partial charge in [-0.3, -0.25) is 4.79 Å². The summed E-state index contributed by atoms with van der Waals surface area (Å²) in [6.07, 6.45) is 3.71. The Kier molecular flexibility index (Phi) is 4.94. The van der Waals surface area contributed by atoms with Crippen molar-refractivity contribution in [3.63, 3.8) is 0 Å². The Bertz CT molecular complexity index is 849. The van der Waals surface area contributed by atoms with Gasteiger partial charge in [-0.15, -0.1) is 0 Å². The van der Waals surface area contributed by atoms with Crippen LogP contribution in [0.4, 0.5) is 0 Å². The first-order valence-electron chi connectivity index (χ1n) is 9.27. The van der Waals surface area contributed by atoms with E-state index in [9.17, 15) is 4.79 Å². The van der Waals surface area contributed by atoms with Crippen molar-refractivity contribution >= 4 is 5.91 Å². The predicted octanol–water partition coefficient (Wildman–Crippen LogP) is 1.77. The standard InChI is InChI=1S/C20H24N4O3/c1-26-17-5-3-4-15(18(17)27-2)20(25)24-9-7-16-14(12-24)11-22-19(23-16)13-6-8-21-10-13/h3-5,11,13,21H,6-10,12H2,1-2H3/t13-/m0/s1. The second-order valence-corrected chi connectivity index (χ2v) is 6.91. The lowest BCUT2D eigenvalue weighted by Crippen LogP contribution is -2.37. The van der Waals surface area contributed by atoms with Crippen LogP contribution >= 0.6 is 0 Å². The second-order valence-electron chi connectivity index (χ2n) is 6.91. The molecule has 1 amide bonds. The molecule has 1 N–H and O–H groups in total. The molecule has 3 heterocycles. The van der Waals surface area contributed by atoms with Crippen LogP contribution in [0.3, 0.4) is 0 Å². The number of carbonyl (C=O) groups excluding carboxylic acids is 1. The summed E-state index contributed by atoms with van der Waals surface area (Å²) in [6.45, 7) is 3.11. The van der Waals surface area contributed by atoms with E-state index in [1.165, 1.54) is 0 Å². The van der Waals surface area contributed by atoms with E-state index < -0.39 is 0 Å². The molecule has 2 aliphatic heterocycles. The highest BCUT2D eigenvalue weighted by atomic mass is 16.5. The number of nitrogens with one attached hydrogen (secondary N) is 1.